The SMILES string of the molecule is O=C(NCc1ccc(F)cc1)c1cc(F)ccc1[N+](=O)[O-]. The molecular weight excluding hydrogens is 282 g/mol. The first-order chi connectivity index (χ1) is 9.97. The predicted octanol–water partition coefficient (Wildman–Crippen LogP) is 2.80. The summed E-state index contributed by atoms with van der Waals surface area (Å²) >= 11 is 0. The number of carbonyl (C=O) groups excluding carboxylic acids is 1. The molecule has 2 aromatic carbocycles. The van der Waals surface area contributed by atoms with E-state index in [4.69, 9.17) is 0 Å². The standard InChI is InChI=1S/C14H10F2N2O3/c15-10-3-1-9(2-4-10)8-17-14(19)12-7-11(16)5-6-13(12)18(20)21/h1-7H,8H2,(H,17,19). The van der Waals surface area contributed by atoms with Gasteiger partial charge >= 0.3 is 0 Å². The number of rotatable bonds is 4. The van der Waals surface area contributed by atoms with Crippen LogP contribution in [0.5, 0.6) is 0 Å². The highest BCUT2D eigenvalue weighted by molar-refractivity contribution is 5.98. The van der Waals surface area contributed by atoms with Crippen molar-refractivity contribution in [2.24, 2.45) is 0 Å². The number of carbonyl (C=O) groups is 1. The molecule has 0 fully saturated rings. The molecule has 0 aromatic heterocycles. The third-order valence-corrected chi connectivity index (χ3v) is 2.77. The summed E-state index contributed by atoms with van der Waals surface area (Å²) in [4.78, 5) is 22.0. The number of hydrogen-bond donors (Lipinski definition) is 1. The summed E-state index contributed by atoms with van der Waals surface area (Å²) in [5, 5.41) is 13.2. The van der Waals surface area contributed by atoms with Crippen LogP contribution < -0.4 is 5.32 Å². The lowest BCUT2D eigenvalue weighted by atomic mass is 10.1. The summed E-state index contributed by atoms with van der Waals surface area (Å²) in [7, 11) is 0. The molecular formula is C14H10F2N2O3. The molecule has 0 saturated heterocycles. The van der Waals surface area contributed by atoms with Gasteiger partial charge in [-0.05, 0) is 29.8 Å². The second-order valence-electron chi connectivity index (χ2n) is 4.23. The highest BCUT2D eigenvalue weighted by Gasteiger charge is 2.20. The van der Waals surface area contributed by atoms with Gasteiger partial charge in [0.2, 0.25) is 0 Å². The first kappa shape index (κ1) is 14.6. The van der Waals surface area contributed by atoms with Crippen molar-refractivity contribution in [2.75, 3.05) is 0 Å². The average Bonchev–Trinajstić information content (AvgIpc) is 2.46. The van der Waals surface area contributed by atoms with Gasteiger partial charge in [-0.15, -0.1) is 0 Å². The van der Waals surface area contributed by atoms with E-state index in [1.54, 1.807) is 0 Å². The molecule has 0 bridgehead atoms. The molecule has 0 saturated carbocycles. The molecule has 21 heavy (non-hydrogen) atoms. The molecule has 0 aliphatic rings. The molecule has 0 atom stereocenters. The van der Waals surface area contributed by atoms with Crippen LogP contribution in [0.25, 0.3) is 0 Å². The quantitative estimate of drug-likeness (QED) is 0.695. The van der Waals surface area contributed by atoms with E-state index in [2.05, 4.69) is 5.32 Å². The van der Waals surface area contributed by atoms with E-state index in [0.29, 0.717) is 5.56 Å². The van der Waals surface area contributed by atoms with Crippen LogP contribution in [0.4, 0.5) is 14.5 Å². The number of hydrogen-bond acceptors (Lipinski definition) is 3. The summed E-state index contributed by atoms with van der Waals surface area (Å²) in [5.74, 6) is -1.93. The normalized spacial score (nSPS) is 10.2. The van der Waals surface area contributed by atoms with Gasteiger partial charge in [-0.3, -0.25) is 14.9 Å². The molecule has 7 heteroatoms. The molecule has 0 spiro atoms. The lowest BCUT2D eigenvalue weighted by Gasteiger charge is -2.06. The second kappa shape index (κ2) is 6.08. The minimum atomic E-state index is -0.773. The van der Waals surface area contributed by atoms with Crippen LogP contribution in [0.1, 0.15) is 15.9 Å². The summed E-state index contributed by atoms with van der Waals surface area (Å²) in [6.07, 6.45) is 0. The van der Waals surface area contributed by atoms with Gasteiger partial charge in [0.05, 0.1) is 4.92 Å². The maximum atomic E-state index is 13.1. The zero-order chi connectivity index (χ0) is 15.4. The maximum Gasteiger partial charge on any atom is 0.282 e. The van der Waals surface area contributed by atoms with E-state index in [-0.39, 0.29) is 12.1 Å². The maximum absolute atomic E-state index is 13.1. The van der Waals surface area contributed by atoms with E-state index in [1.807, 2.05) is 0 Å². The minimum Gasteiger partial charge on any atom is -0.348 e. The van der Waals surface area contributed by atoms with Gasteiger partial charge in [0.25, 0.3) is 11.6 Å². The fourth-order valence-corrected chi connectivity index (χ4v) is 1.73. The molecule has 0 unspecified atom stereocenters. The molecule has 0 radical (unpaired) electrons. The Morgan fingerprint density at radius 3 is 2.33 bits per heavy atom. The van der Waals surface area contributed by atoms with Crippen LogP contribution in [0.15, 0.2) is 42.5 Å². The predicted molar refractivity (Wildman–Crippen MR) is 70.6 cm³/mol. The Hall–Kier alpha value is -2.83. The molecule has 1 amide bonds. The van der Waals surface area contributed by atoms with Crippen LogP contribution in [0, 0.1) is 21.7 Å². The van der Waals surface area contributed by atoms with Crippen LogP contribution >= 0.6 is 0 Å². The van der Waals surface area contributed by atoms with Crippen molar-refractivity contribution in [1.82, 2.24) is 5.32 Å². The molecule has 5 nitrogen and oxygen atoms in total. The smallest absolute Gasteiger partial charge is 0.282 e. The number of nitrogens with one attached hydrogen (secondary N) is 1. The van der Waals surface area contributed by atoms with E-state index in [0.717, 1.165) is 18.2 Å². The van der Waals surface area contributed by atoms with Crippen LogP contribution in [-0.2, 0) is 6.54 Å². The van der Waals surface area contributed by atoms with Crippen molar-refractivity contribution in [2.45, 2.75) is 6.54 Å². The van der Waals surface area contributed by atoms with Crippen molar-refractivity contribution in [3.05, 3.63) is 75.3 Å². The van der Waals surface area contributed by atoms with Gasteiger partial charge in [-0.25, -0.2) is 8.78 Å². The minimum absolute atomic E-state index is 0.0484. The molecule has 0 aliphatic carbocycles. The topological polar surface area (TPSA) is 72.2 Å². The van der Waals surface area contributed by atoms with Gasteiger partial charge in [0.15, 0.2) is 0 Å². The fraction of sp³-hybridized carbons (Fsp3) is 0.0714. The summed E-state index contributed by atoms with van der Waals surface area (Å²) in [6, 6.07) is 8.04. The fourth-order valence-electron chi connectivity index (χ4n) is 1.73. The Kier molecular flexibility index (Phi) is 4.22. The largest absolute Gasteiger partial charge is 0.348 e. The third-order valence-electron chi connectivity index (χ3n) is 2.77. The van der Waals surface area contributed by atoms with Gasteiger partial charge in [-0.2, -0.15) is 0 Å². The van der Waals surface area contributed by atoms with Crippen molar-refractivity contribution in [3.8, 4) is 0 Å². The number of nitrogens with zero attached hydrogens (tertiary/aromatic N) is 1. The second-order valence-corrected chi connectivity index (χ2v) is 4.23. The summed E-state index contributed by atoms with van der Waals surface area (Å²) in [5.41, 5.74) is -0.223. The van der Waals surface area contributed by atoms with Crippen LogP contribution in [0.2, 0.25) is 0 Å². The van der Waals surface area contributed by atoms with E-state index < -0.39 is 28.2 Å². The lowest BCUT2D eigenvalue weighted by Crippen LogP contribution is -2.23. The van der Waals surface area contributed by atoms with Crippen molar-refractivity contribution < 1.29 is 18.5 Å². The number of halogens is 2. The van der Waals surface area contributed by atoms with Gasteiger partial charge in [-0.1, -0.05) is 12.1 Å². The molecule has 2 rings (SSSR count). The van der Waals surface area contributed by atoms with E-state index >= 15 is 0 Å². The Balaban J connectivity index is 2.15. The van der Waals surface area contributed by atoms with E-state index in [1.165, 1.54) is 24.3 Å². The van der Waals surface area contributed by atoms with Crippen molar-refractivity contribution in [1.29, 1.82) is 0 Å². The Morgan fingerprint density at radius 2 is 1.71 bits per heavy atom. The average molecular weight is 292 g/mol. The molecule has 0 aliphatic heterocycles. The monoisotopic (exact) mass is 292 g/mol. The number of nitro benzene ring substituents is 1. The van der Waals surface area contributed by atoms with Crippen LogP contribution in [0.3, 0.4) is 0 Å². The van der Waals surface area contributed by atoms with Gasteiger partial charge < -0.3 is 5.32 Å². The van der Waals surface area contributed by atoms with Crippen molar-refractivity contribution in [3.63, 3.8) is 0 Å². The zero-order valence-corrected chi connectivity index (χ0v) is 10.7. The van der Waals surface area contributed by atoms with Crippen molar-refractivity contribution >= 4 is 11.6 Å². The molecule has 108 valence electrons. The molecule has 1 N–H and O–H groups in total. The number of benzene rings is 2. The molecule has 2 aromatic rings. The third kappa shape index (κ3) is 3.59. The first-order valence-corrected chi connectivity index (χ1v) is 5.94. The van der Waals surface area contributed by atoms with Gasteiger partial charge in [0, 0.05) is 12.6 Å². The number of nitro groups is 1. The Morgan fingerprint density at radius 1 is 1.10 bits per heavy atom. The lowest BCUT2D eigenvalue weighted by molar-refractivity contribution is -0.385. The zero-order valence-electron chi connectivity index (χ0n) is 10.7. The summed E-state index contributed by atoms with van der Waals surface area (Å²) < 4.78 is 25.9. The Labute approximate surface area is 118 Å². The Bertz CT molecular complexity index is 687. The highest BCUT2D eigenvalue weighted by atomic mass is 19.1. The number of amides is 1. The first-order valence-electron chi connectivity index (χ1n) is 5.94. The molecule has 0 heterocycles. The summed E-state index contributed by atoms with van der Waals surface area (Å²) in [6.45, 7) is 0.0484. The van der Waals surface area contributed by atoms with Gasteiger partial charge in [0.1, 0.15) is 17.2 Å². The van der Waals surface area contributed by atoms with Crippen LogP contribution in [-0.4, -0.2) is 10.8 Å². The highest BCUT2D eigenvalue weighted by Crippen LogP contribution is 2.19. The van der Waals surface area contributed by atoms with E-state index in [9.17, 15) is 23.7 Å².